The number of halogens is 2. The number of aromatic nitrogens is 4. The van der Waals surface area contributed by atoms with Gasteiger partial charge in [0.25, 0.3) is 0 Å². The third-order valence-electron chi connectivity index (χ3n) is 12.8. The molecule has 4 aliphatic rings. The molecule has 2 amide bonds. The predicted molar refractivity (Wildman–Crippen MR) is 250 cm³/mol. The van der Waals surface area contributed by atoms with Crippen LogP contribution < -0.4 is 35.8 Å². The lowest BCUT2D eigenvalue weighted by atomic mass is 9.90. The van der Waals surface area contributed by atoms with Crippen LogP contribution in [0, 0.1) is 5.82 Å². The highest BCUT2D eigenvalue weighted by Gasteiger charge is 2.32. The summed E-state index contributed by atoms with van der Waals surface area (Å²) in [5.74, 6) is 0.614. The highest BCUT2D eigenvalue weighted by molar-refractivity contribution is 9.10. The van der Waals surface area contributed by atoms with Crippen LogP contribution in [0.2, 0.25) is 0 Å². The molecule has 3 saturated heterocycles. The second-order valence-corrected chi connectivity index (χ2v) is 21.5. The molecule has 0 radical (unpaired) electrons. The molecule has 0 spiro atoms. The van der Waals surface area contributed by atoms with Crippen molar-refractivity contribution in [3.05, 3.63) is 88.5 Å². The minimum atomic E-state index is -2.60. The number of hydrogen-bond donors (Lipinski definition) is 3. The van der Waals surface area contributed by atoms with E-state index >= 15 is 4.39 Å². The van der Waals surface area contributed by atoms with Crippen LogP contribution in [0.15, 0.2) is 71.6 Å². The molecule has 9 rings (SSSR count). The van der Waals surface area contributed by atoms with Crippen LogP contribution in [0.3, 0.4) is 0 Å². The summed E-state index contributed by atoms with van der Waals surface area (Å²) in [5.41, 5.74) is 6.87. The van der Waals surface area contributed by atoms with Gasteiger partial charge in [0, 0.05) is 99.4 Å². The smallest absolute Gasteiger partial charge is 0.234 e. The minimum Gasteiger partial charge on any atom is -0.494 e. The van der Waals surface area contributed by atoms with Gasteiger partial charge in [-0.25, -0.2) is 9.37 Å². The molecule has 1 aliphatic carbocycles. The highest BCUT2D eigenvalue weighted by atomic mass is 79.9. The van der Waals surface area contributed by atoms with Crippen LogP contribution in [0.5, 0.6) is 5.75 Å². The maximum atomic E-state index is 15.5. The van der Waals surface area contributed by atoms with E-state index in [4.69, 9.17) is 9.72 Å². The van der Waals surface area contributed by atoms with E-state index in [-0.39, 0.29) is 24.1 Å². The summed E-state index contributed by atoms with van der Waals surface area (Å²) < 4.78 is 37.4. The van der Waals surface area contributed by atoms with E-state index in [9.17, 15) is 14.2 Å². The number of carbonyl (C=O) groups is 2. The highest BCUT2D eigenvalue weighted by Crippen LogP contribution is 2.45. The fourth-order valence-corrected chi connectivity index (χ4v) is 10.7. The van der Waals surface area contributed by atoms with Crippen molar-refractivity contribution in [2.45, 2.75) is 56.4 Å². The van der Waals surface area contributed by atoms with Crippen molar-refractivity contribution in [2.24, 2.45) is 7.05 Å². The first-order chi connectivity index (χ1) is 30.3. The quantitative estimate of drug-likeness (QED) is 0.0831. The Morgan fingerprint density at radius 2 is 1.60 bits per heavy atom. The van der Waals surface area contributed by atoms with Crippen molar-refractivity contribution in [2.75, 3.05) is 80.1 Å². The van der Waals surface area contributed by atoms with E-state index in [1.165, 1.54) is 24.5 Å². The van der Waals surface area contributed by atoms with Gasteiger partial charge in [0.2, 0.25) is 17.8 Å². The molecule has 0 bridgehead atoms. The van der Waals surface area contributed by atoms with Crippen molar-refractivity contribution < 1.29 is 23.3 Å². The summed E-state index contributed by atoms with van der Waals surface area (Å²) in [6.07, 6.45) is 10.5. The van der Waals surface area contributed by atoms with Gasteiger partial charge in [-0.2, -0.15) is 10.1 Å². The summed E-state index contributed by atoms with van der Waals surface area (Å²) in [6, 6.07) is 15.8. The molecule has 1 atom stereocenters. The van der Waals surface area contributed by atoms with Crippen LogP contribution in [0.1, 0.15) is 61.5 Å². The molecule has 5 heterocycles. The predicted octanol–water partition coefficient (Wildman–Crippen LogP) is 7.71. The summed E-state index contributed by atoms with van der Waals surface area (Å²) in [4.78, 5) is 40.5. The molecule has 17 heteroatoms. The SMILES string of the molecule is COc1cc(N2CCC(N3CCN(c4ccc(C5CCC(=O)NC5=O)cc4F)CC3)CC2)c(-c2cnn(C)c2)cc1Nc1ncc(Br)c(Nc2ccc(C3CC3)cc2P(C)(C)=O)n1. The normalized spacial score (nSPS) is 19.0. The minimum absolute atomic E-state index is 0.260. The van der Waals surface area contributed by atoms with Gasteiger partial charge in [-0.3, -0.25) is 24.5 Å². The lowest BCUT2D eigenvalue weighted by Gasteiger charge is -2.44. The maximum absolute atomic E-state index is 15.5. The molecule has 5 aromatic rings. The number of rotatable bonds is 12. The van der Waals surface area contributed by atoms with Crippen molar-refractivity contribution in [1.29, 1.82) is 0 Å². The van der Waals surface area contributed by atoms with Crippen molar-refractivity contribution in [3.8, 4) is 16.9 Å². The Hall–Kier alpha value is -5.31. The van der Waals surface area contributed by atoms with E-state index in [1.807, 2.05) is 31.6 Å². The number of amides is 2. The second-order valence-electron chi connectivity index (χ2n) is 17.5. The Balaban J connectivity index is 0.883. The molecule has 3 aliphatic heterocycles. The molecule has 14 nitrogen and oxygen atoms in total. The Bertz CT molecular complexity index is 2600. The number of imide groups is 1. The Morgan fingerprint density at radius 1 is 0.857 bits per heavy atom. The topological polar surface area (TPSA) is 150 Å². The molecule has 330 valence electrons. The molecular formula is C46H53BrFN10O4P. The number of nitrogens with zero attached hydrogens (tertiary/aromatic N) is 7. The molecule has 3 aromatic carbocycles. The van der Waals surface area contributed by atoms with Crippen LogP contribution in [0.4, 0.5) is 38.9 Å². The Kier molecular flexibility index (Phi) is 12.1. The molecular weight excluding hydrogens is 886 g/mol. The third kappa shape index (κ3) is 9.35. The van der Waals surface area contributed by atoms with Crippen molar-refractivity contribution in [3.63, 3.8) is 0 Å². The van der Waals surface area contributed by atoms with Crippen LogP contribution >= 0.6 is 23.1 Å². The lowest BCUT2D eigenvalue weighted by Crippen LogP contribution is -2.53. The number of carbonyl (C=O) groups excluding carboxylic acids is 2. The molecule has 2 aromatic heterocycles. The van der Waals surface area contributed by atoms with Crippen molar-refractivity contribution in [1.82, 2.24) is 30.0 Å². The van der Waals surface area contributed by atoms with Crippen LogP contribution in [0.25, 0.3) is 11.1 Å². The average Bonchev–Trinajstić information content (AvgIpc) is 4.03. The molecule has 1 saturated carbocycles. The second kappa shape index (κ2) is 17.7. The number of anilines is 6. The lowest BCUT2D eigenvalue weighted by molar-refractivity contribution is -0.134. The summed E-state index contributed by atoms with van der Waals surface area (Å²) in [6.45, 7) is 8.37. The number of piperidine rings is 2. The summed E-state index contributed by atoms with van der Waals surface area (Å²) >= 11 is 3.62. The number of hydrogen-bond acceptors (Lipinski definition) is 12. The van der Waals surface area contributed by atoms with E-state index in [1.54, 1.807) is 37.4 Å². The van der Waals surface area contributed by atoms with Gasteiger partial charge in [-0.05, 0) is 109 Å². The van der Waals surface area contributed by atoms with Gasteiger partial charge in [0.05, 0.1) is 40.8 Å². The first-order valence-corrected chi connectivity index (χ1v) is 25.0. The average molecular weight is 940 g/mol. The number of benzene rings is 3. The van der Waals surface area contributed by atoms with Gasteiger partial charge in [0.15, 0.2) is 0 Å². The zero-order valence-electron chi connectivity index (χ0n) is 36.0. The largest absolute Gasteiger partial charge is 0.494 e. The van der Waals surface area contributed by atoms with E-state index in [0.29, 0.717) is 70.4 Å². The van der Waals surface area contributed by atoms with E-state index in [0.717, 1.165) is 66.8 Å². The van der Waals surface area contributed by atoms with Gasteiger partial charge in [-0.15, -0.1) is 0 Å². The monoisotopic (exact) mass is 938 g/mol. The fourth-order valence-electron chi connectivity index (χ4n) is 9.23. The van der Waals surface area contributed by atoms with Crippen LogP contribution in [-0.2, 0) is 21.2 Å². The van der Waals surface area contributed by atoms with Crippen LogP contribution in [-0.4, -0.2) is 102 Å². The number of ether oxygens (including phenoxy) is 1. The molecule has 63 heavy (non-hydrogen) atoms. The standard InChI is InChI=1S/C46H53BrFN10O4P/c1-55-27-31(25-50-55)34-23-38(52-46-49-26-35(47)44(54-46)51-37-10-7-29(28-5-6-28)22-42(37)63(3,4)61)41(62-2)24-40(34)57-15-13-32(14-16-57)56-17-19-58(20-18-56)39-11-8-30(21-36(39)48)33-9-12-43(59)53-45(33)60/h7-8,10-11,21-28,32-33H,5-6,9,12-20H2,1-4H3,(H,53,59,60)(H2,49,51,52,54). The summed E-state index contributed by atoms with van der Waals surface area (Å²) in [5, 5.41) is 14.5. The van der Waals surface area contributed by atoms with Gasteiger partial charge >= 0.3 is 0 Å². The molecule has 3 N–H and O–H groups in total. The van der Waals surface area contributed by atoms with E-state index in [2.05, 4.69) is 80.9 Å². The Morgan fingerprint density at radius 3 is 2.27 bits per heavy atom. The van der Waals surface area contributed by atoms with Gasteiger partial charge in [-0.1, -0.05) is 12.1 Å². The fraction of sp³-hybridized carbons (Fsp3) is 0.413. The van der Waals surface area contributed by atoms with E-state index < -0.39 is 13.1 Å². The number of nitrogens with one attached hydrogen (secondary N) is 3. The number of aryl methyl sites for hydroxylation is 1. The molecule has 4 fully saturated rings. The van der Waals surface area contributed by atoms with Crippen molar-refractivity contribution >= 4 is 74.7 Å². The summed E-state index contributed by atoms with van der Waals surface area (Å²) in [7, 11) is 0.969. The van der Waals surface area contributed by atoms with Gasteiger partial charge < -0.3 is 29.7 Å². The molecule has 1 unspecified atom stereocenters. The zero-order chi connectivity index (χ0) is 44.0. The maximum Gasteiger partial charge on any atom is 0.234 e. The zero-order valence-corrected chi connectivity index (χ0v) is 38.5. The van der Waals surface area contributed by atoms with Gasteiger partial charge in [0.1, 0.15) is 24.5 Å². The number of methoxy groups -OCH3 is 1. The third-order valence-corrected chi connectivity index (χ3v) is 14.9. The first-order valence-electron chi connectivity index (χ1n) is 21.7. The Labute approximate surface area is 375 Å². The number of piperazine rings is 1. The first kappa shape index (κ1) is 43.0.